The number of hydrogen-bond acceptors (Lipinski definition) is 6. The number of anilines is 1. The van der Waals surface area contributed by atoms with Crippen molar-refractivity contribution < 1.29 is 0 Å². The van der Waals surface area contributed by atoms with Gasteiger partial charge in [0, 0.05) is 23.8 Å². The molecule has 0 unspecified atom stereocenters. The lowest BCUT2D eigenvalue weighted by molar-refractivity contribution is 0.693. The summed E-state index contributed by atoms with van der Waals surface area (Å²) in [6.45, 7) is 0. The van der Waals surface area contributed by atoms with Crippen molar-refractivity contribution in [2.75, 3.05) is 5.32 Å². The average molecular weight is 376 g/mol. The monoisotopic (exact) mass is 376 g/mol. The molecule has 2 N–H and O–H groups in total. The van der Waals surface area contributed by atoms with E-state index in [0.717, 1.165) is 42.5 Å². The zero-order valence-electron chi connectivity index (χ0n) is 14.8. The van der Waals surface area contributed by atoms with Crippen LogP contribution in [0.2, 0.25) is 0 Å². The summed E-state index contributed by atoms with van der Waals surface area (Å²) in [6.07, 6.45) is 7.64. The molecule has 0 amide bonds. The number of H-pyrrole nitrogens is 1. The number of fused-ring (bicyclic) bond motifs is 1. The van der Waals surface area contributed by atoms with Crippen molar-refractivity contribution in [2.45, 2.75) is 37.6 Å². The standard InChI is InChI=1S/C20H20N6S/c1-2-4-13(5-3-1)8-16-11-27-20(25-16)14-6-7-15(9-14)24-18-17-10-23-26-19(17)22-12-21-18/h1-5,10-12,14-15H,6-9H2,(H2,21,22,23,24,26)/t14-,15+/m1/s1. The molecule has 27 heavy (non-hydrogen) atoms. The van der Waals surface area contributed by atoms with E-state index in [1.54, 1.807) is 23.9 Å². The third kappa shape index (κ3) is 3.42. The second kappa shape index (κ2) is 7.08. The maximum atomic E-state index is 4.92. The summed E-state index contributed by atoms with van der Waals surface area (Å²) in [7, 11) is 0. The highest BCUT2D eigenvalue weighted by molar-refractivity contribution is 7.09. The molecule has 6 nitrogen and oxygen atoms in total. The van der Waals surface area contributed by atoms with Gasteiger partial charge in [-0.25, -0.2) is 15.0 Å². The molecule has 136 valence electrons. The van der Waals surface area contributed by atoms with Crippen molar-refractivity contribution in [3.8, 4) is 0 Å². The summed E-state index contributed by atoms with van der Waals surface area (Å²) in [4.78, 5) is 13.5. The second-order valence-electron chi connectivity index (χ2n) is 7.05. The zero-order chi connectivity index (χ0) is 18.1. The molecule has 1 aliphatic carbocycles. The molecule has 0 saturated heterocycles. The molecule has 0 aliphatic heterocycles. The van der Waals surface area contributed by atoms with Crippen LogP contribution < -0.4 is 5.32 Å². The van der Waals surface area contributed by atoms with Gasteiger partial charge in [-0.2, -0.15) is 5.10 Å². The fourth-order valence-electron chi connectivity index (χ4n) is 3.81. The summed E-state index contributed by atoms with van der Waals surface area (Å²) < 4.78 is 0. The lowest BCUT2D eigenvalue weighted by atomic mass is 10.1. The molecule has 1 saturated carbocycles. The number of rotatable bonds is 5. The molecule has 7 heteroatoms. The number of nitrogens with one attached hydrogen (secondary N) is 2. The van der Waals surface area contributed by atoms with Gasteiger partial charge in [0.25, 0.3) is 0 Å². The first kappa shape index (κ1) is 16.4. The van der Waals surface area contributed by atoms with Crippen LogP contribution in [0, 0.1) is 0 Å². The molecule has 1 fully saturated rings. The van der Waals surface area contributed by atoms with Gasteiger partial charge in [-0.15, -0.1) is 11.3 Å². The number of aromatic nitrogens is 5. The molecule has 3 heterocycles. The predicted molar refractivity (Wildman–Crippen MR) is 107 cm³/mol. The molecule has 1 aliphatic rings. The van der Waals surface area contributed by atoms with E-state index >= 15 is 0 Å². The Morgan fingerprint density at radius 2 is 2.07 bits per heavy atom. The van der Waals surface area contributed by atoms with Gasteiger partial charge in [-0.1, -0.05) is 30.3 Å². The van der Waals surface area contributed by atoms with Crippen LogP contribution in [0.5, 0.6) is 0 Å². The predicted octanol–water partition coefficient (Wildman–Crippen LogP) is 4.15. The fraction of sp³-hybridized carbons (Fsp3) is 0.300. The Morgan fingerprint density at radius 3 is 3.00 bits per heavy atom. The van der Waals surface area contributed by atoms with E-state index in [-0.39, 0.29) is 0 Å². The minimum atomic E-state index is 0.407. The van der Waals surface area contributed by atoms with Gasteiger partial charge in [-0.05, 0) is 24.8 Å². The van der Waals surface area contributed by atoms with Crippen LogP contribution >= 0.6 is 11.3 Å². The summed E-state index contributed by atoms with van der Waals surface area (Å²) in [6, 6.07) is 10.9. The number of thiazole rings is 1. The molecule has 0 radical (unpaired) electrons. The van der Waals surface area contributed by atoms with E-state index in [4.69, 9.17) is 4.98 Å². The van der Waals surface area contributed by atoms with Crippen LogP contribution in [0.3, 0.4) is 0 Å². The quantitative estimate of drug-likeness (QED) is 0.547. The largest absolute Gasteiger partial charge is 0.367 e. The van der Waals surface area contributed by atoms with E-state index in [0.29, 0.717) is 12.0 Å². The Hall–Kier alpha value is -2.80. The molecule has 5 rings (SSSR count). The molecule has 0 bridgehead atoms. The summed E-state index contributed by atoms with van der Waals surface area (Å²) in [5, 5.41) is 15.0. The normalized spacial score (nSPS) is 19.6. The third-order valence-electron chi connectivity index (χ3n) is 5.17. The molecule has 0 spiro atoms. The van der Waals surface area contributed by atoms with Gasteiger partial charge in [0.15, 0.2) is 5.65 Å². The number of hydrogen-bond donors (Lipinski definition) is 2. The van der Waals surface area contributed by atoms with E-state index < -0.39 is 0 Å². The van der Waals surface area contributed by atoms with Crippen molar-refractivity contribution in [3.05, 3.63) is 64.5 Å². The van der Waals surface area contributed by atoms with Crippen molar-refractivity contribution in [1.29, 1.82) is 0 Å². The summed E-state index contributed by atoms with van der Waals surface area (Å²) in [5.74, 6) is 1.39. The van der Waals surface area contributed by atoms with Crippen molar-refractivity contribution in [1.82, 2.24) is 25.1 Å². The molecular weight excluding hydrogens is 356 g/mol. The van der Waals surface area contributed by atoms with Crippen molar-refractivity contribution >= 4 is 28.2 Å². The Labute approximate surface area is 161 Å². The SMILES string of the molecule is c1ccc(Cc2csc([C@@H]3CC[C@H](Nc4ncnc5[nH]ncc45)C3)n2)cc1. The van der Waals surface area contributed by atoms with Crippen LogP contribution in [-0.4, -0.2) is 31.2 Å². The van der Waals surface area contributed by atoms with Gasteiger partial charge >= 0.3 is 0 Å². The van der Waals surface area contributed by atoms with E-state index in [1.807, 2.05) is 0 Å². The number of aromatic amines is 1. The average Bonchev–Trinajstić information content (AvgIpc) is 3.43. The van der Waals surface area contributed by atoms with Crippen molar-refractivity contribution in [2.24, 2.45) is 0 Å². The fourth-order valence-corrected chi connectivity index (χ4v) is 4.78. The molecule has 4 aromatic rings. The Bertz CT molecular complexity index is 1040. The summed E-state index contributed by atoms with van der Waals surface area (Å²) >= 11 is 1.80. The first-order chi connectivity index (χ1) is 13.3. The van der Waals surface area contributed by atoms with E-state index in [2.05, 4.69) is 61.2 Å². The van der Waals surface area contributed by atoms with Gasteiger partial charge in [0.05, 0.1) is 22.3 Å². The van der Waals surface area contributed by atoms with Crippen LogP contribution in [-0.2, 0) is 6.42 Å². The van der Waals surface area contributed by atoms with Crippen LogP contribution in [0.25, 0.3) is 11.0 Å². The summed E-state index contributed by atoms with van der Waals surface area (Å²) in [5.41, 5.74) is 3.26. The smallest absolute Gasteiger partial charge is 0.160 e. The number of nitrogens with zero attached hydrogens (tertiary/aromatic N) is 4. The molecule has 1 aromatic carbocycles. The van der Waals surface area contributed by atoms with E-state index in [9.17, 15) is 0 Å². The maximum Gasteiger partial charge on any atom is 0.160 e. The van der Waals surface area contributed by atoms with E-state index in [1.165, 1.54) is 16.3 Å². The van der Waals surface area contributed by atoms with Crippen LogP contribution in [0.1, 0.15) is 41.4 Å². The first-order valence-electron chi connectivity index (χ1n) is 9.24. The minimum Gasteiger partial charge on any atom is -0.367 e. The highest BCUT2D eigenvalue weighted by Gasteiger charge is 2.28. The topological polar surface area (TPSA) is 79.4 Å². The second-order valence-corrected chi connectivity index (χ2v) is 7.93. The van der Waals surface area contributed by atoms with Gasteiger partial charge in [0.1, 0.15) is 12.1 Å². The minimum absolute atomic E-state index is 0.407. The van der Waals surface area contributed by atoms with Gasteiger partial charge in [-0.3, -0.25) is 5.10 Å². The Kier molecular flexibility index (Phi) is 4.29. The van der Waals surface area contributed by atoms with Gasteiger partial charge < -0.3 is 5.32 Å². The Balaban J connectivity index is 1.25. The van der Waals surface area contributed by atoms with Crippen LogP contribution in [0.15, 0.2) is 48.2 Å². The zero-order valence-corrected chi connectivity index (χ0v) is 15.6. The highest BCUT2D eigenvalue weighted by Crippen LogP contribution is 2.37. The first-order valence-corrected chi connectivity index (χ1v) is 10.1. The van der Waals surface area contributed by atoms with Gasteiger partial charge in [0.2, 0.25) is 0 Å². The lowest BCUT2D eigenvalue weighted by Crippen LogP contribution is -2.16. The Morgan fingerprint density at radius 1 is 1.15 bits per heavy atom. The maximum absolute atomic E-state index is 4.92. The third-order valence-corrected chi connectivity index (χ3v) is 6.22. The lowest BCUT2D eigenvalue weighted by Gasteiger charge is -2.13. The highest BCUT2D eigenvalue weighted by atomic mass is 32.1. The molecular formula is C20H20N6S. The molecule has 2 atom stereocenters. The molecule has 3 aromatic heterocycles. The van der Waals surface area contributed by atoms with Crippen LogP contribution in [0.4, 0.5) is 5.82 Å². The van der Waals surface area contributed by atoms with Crippen molar-refractivity contribution in [3.63, 3.8) is 0 Å². The number of benzene rings is 1.